The van der Waals surface area contributed by atoms with Crippen LogP contribution in [0.1, 0.15) is 53.0 Å². The Labute approximate surface area is 391 Å². The van der Waals surface area contributed by atoms with Crippen molar-refractivity contribution < 1.29 is 89.0 Å². The first kappa shape index (κ1) is 61.6. The number of halogens is 1. The van der Waals surface area contributed by atoms with Crippen LogP contribution in [0.25, 0.3) is 22.3 Å². The van der Waals surface area contributed by atoms with Gasteiger partial charge in [-0.05, 0) is 38.8 Å². The summed E-state index contributed by atoms with van der Waals surface area (Å²) in [5, 5.41) is 16.3. The van der Waals surface area contributed by atoms with Gasteiger partial charge in [0.05, 0.1) is 22.0 Å². The topological polar surface area (TPSA) is 289 Å². The number of ketones is 2. The van der Waals surface area contributed by atoms with Crippen molar-refractivity contribution in [1.82, 2.24) is 9.97 Å². The summed E-state index contributed by atoms with van der Waals surface area (Å²) in [6.07, 6.45) is 5.79. The molecule has 16 nitrogen and oxygen atoms in total. The van der Waals surface area contributed by atoms with Gasteiger partial charge in [-0.1, -0.05) is 91.0 Å². The number of aryl methyl sites for hydroxylation is 2. The molecule has 0 bridgehead atoms. The number of Topliss-reactive ketones (excluding diaryl/α,β-unsaturated/α-hetero) is 2. The summed E-state index contributed by atoms with van der Waals surface area (Å²) >= 11 is 0. The van der Waals surface area contributed by atoms with Gasteiger partial charge >= 0.3 is 29.6 Å². The number of nitrogens with two attached hydrogens (primary N) is 1. The second kappa shape index (κ2) is 29.5. The van der Waals surface area contributed by atoms with Gasteiger partial charge in [0, 0.05) is 65.9 Å². The van der Waals surface area contributed by atoms with E-state index in [1.807, 2.05) is 54.6 Å². The summed E-state index contributed by atoms with van der Waals surface area (Å²) in [4.78, 5) is 56.3. The standard InChI is InChI=1S/C13H13NO3S.C12H13NO2S.C8H9NO.C4H8O3S.2C2H4O2.ClH.Na/c1-9-13(18(2,16)17)12(11(8-15)14-9)10-6-4-3-5-7-10;1-9-12(16(2,14)15)11(8-13-9)10-6-4-3-5-7-10;9-6-8(10)7-4-2-1-3-5-7;1-4(5)3-8(2,6)7;2*1-2(3)4;;/h3-8,14H,1-2H3;3-8,13H,1-2H3;1-5H,6,9H2;3H2,1-2H3;2*1H3,(H,3,4);1H;/q;;;;;;;+1/p-1. The van der Waals surface area contributed by atoms with Crippen LogP contribution in [0.5, 0.6) is 0 Å². The first-order valence-corrected chi connectivity index (χ1v) is 23.2. The monoisotopic (exact) mass is 947 g/mol. The first-order valence-electron chi connectivity index (χ1n) is 17.4. The molecular formula is C41H51ClN3NaO13S3. The Balaban J connectivity index is -0.000000724. The molecule has 5 N–H and O–H groups in total. The van der Waals surface area contributed by atoms with E-state index in [1.165, 1.54) is 13.2 Å². The second-order valence-electron chi connectivity index (χ2n) is 12.7. The molecule has 0 spiro atoms. The number of aromatic nitrogens is 2. The van der Waals surface area contributed by atoms with Crippen LogP contribution in [0.2, 0.25) is 0 Å². The zero-order valence-electron chi connectivity index (χ0n) is 35.8. The van der Waals surface area contributed by atoms with Crippen molar-refractivity contribution in [2.45, 2.75) is 44.4 Å². The minimum atomic E-state index is -3.39. The van der Waals surface area contributed by atoms with E-state index in [9.17, 15) is 39.6 Å². The number of sulfone groups is 3. The van der Waals surface area contributed by atoms with Crippen molar-refractivity contribution in [3.8, 4) is 22.3 Å². The van der Waals surface area contributed by atoms with Gasteiger partial charge in [-0.2, -0.15) is 0 Å². The molecule has 2 heterocycles. The Morgan fingerprint density at radius 1 is 0.710 bits per heavy atom. The molecule has 0 aliphatic rings. The summed E-state index contributed by atoms with van der Waals surface area (Å²) < 4.78 is 67.5. The largest absolute Gasteiger partial charge is 1.00 e. The van der Waals surface area contributed by atoms with Crippen molar-refractivity contribution in [3.05, 3.63) is 120 Å². The molecule has 5 rings (SSSR count). The summed E-state index contributed by atoms with van der Waals surface area (Å²) in [5.41, 5.74) is 10.1. The molecular weight excluding hydrogens is 897 g/mol. The average molecular weight is 949 g/mol. The minimum absolute atomic E-state index is 0. The van der Waals surface area contributed by atoms with Crippen molar-refractivity contribution in [1.29, 1.82) is 0 Å². The van der Waals surface area contributed by atoms with Gasteiger partial charge in [0.25, 0.3) is 5.97 Å². The molecule has 0 saturated heterocycles. The quantitative estimate of drug-likeness (QED) is 0.0922. The second-order valence-corrected chi connectivity index (χ2v) is 18.7. The number of aldehydes is 1. The summed E-state index contributed by atoms with van der Waals surface area (Å²) in [6, 6.07) is 27.5. The number of H-pyrrole nitrogens is 2. The number of carbonyl (C=O) groups is 5. The maximum atomic E-state index is 11.8. The number of rotatable bonds is 9. The zero-order valence-corrected chi connectivity index (χ0v) is 41.1. The van der Waals surface area contributed by atoms with E-state index in [4.69, 9.17) is 25.5 Å². The van der Waals surface area contributed by atoms with Crippen LogP contribution < -0.4 is 40.4 Å². The number of benzene rings is 3. The molecule has 0 radical (unpaired) electrons. The van der Waals surface area contributed by atoms with Crippen LogP contribution in [0.15, 0.2) is 107 Å². The maximum absolute atomic E-state index is 11.8. The van der Waals surface area contributed by atoms with Crippen LogP contribution in [-0.4, -0.2) is 101 Å². The smallest absolute Gasteiger partial charge is 0.550 e. The van der Waals surface area contributed by atoms with E-state index in [0.717, 1.165) is 37.5 Å². The van der Waals surface area contributed by atoms with Crippen LogP contribution in [0.4, 0.5) is 0 Å². The average Bonchev–Trinajstić information content (AvgIpc) is 3.71. The third-order valence-electron chi connectivity index (χ3n) is 6.93. The fourth-order valence-electron chi connectivity index (χ4n) is 5.01. The number of aromatic amines is 2. The maximum Gasteiger partial charge on any atom is 1.00 e. The predicted octanol–water partition coefficient (Wildman–Crippen LogP) is 1.32. The van der Waals surface area contributed by atoms with Crippen LogP contribution in [0.3, 0.4) is 0 Å². The van der Waals surface area contributed by atoms with E-state index >= 15 is 0 Å². The van der Waals surface area contributed by atoms with Gasteiger partial charge in [-0.3, -0.25) is 19.2 Å². The molecule has 334 valence electrons. The number of carbonyl (C=O) groups excluding carboxylic acids is 4. The van der Waals surface area contributed by atoms with E-state index in [-0.39, 0.29) is 70.7 Å². The summed E-state index contributed by atoms with van der Waals surface area (Å²) in [6.45, 7) is 6.81. The molecule has 0 aliphatic heterocycles. The number of aliphatic carboxylic acids is 2. The van der Waals surface area contributed by atoms with Crippen LogP contribution in [0, 0.1) is 13.8 Å². The Kier molecular flexibility index (Phi) is 29.3. The summed E-state index contributed by atoms with van der Waals surface area (Å²) in [7, 11) is -9.66. The van der Waals surface area contributed by atoms with Crippen LogP contribution >= 0.6 is 12.4 Å². The fourth-order valence-corrected chi connectivity index (χ4v) is 8.14. The normalized spacial score (nSPS) is 10.1. The van der Waals surface area contributed by atoms with E-state index in [0.29, 0.717) is 45.0 Å². The molecule has 62 heavy (non-hydrogen) atoms. The Bertz CT molecular complexity index is 2510. The molecule has 2 aromatic heterocycles. The number of nitrogens with one attached hydrogen (secondary N) is 2. The summed E-state index contributed by atoms with van der Waals surface area (Å²) in [5.74, 6) is -2.58. The number of carboxylic acids is 2. The van der Waals surface area contributed by atoms with E-state index in [2.05, 4.69) is 9.97 Å². The molecule has 0 aliphatic carbocycles. The van der Waals surface area contributed by atoms with Crippen molar-refractivity contribution >= 4 is 71.7 Å². The van der Waals surface area contributed by atoms with Gasteiger partial charge in [0.15, 0.2) is 41.6 Å². The van der Waals surface area contributed by atoms with Gasteiger partial charge in [0.2, 0.25) is 0 Å². The van der Waals surface area contributed by atoms with E-state index in [1.54, 1.807) is 56.4 Å². The number of hydrogen-bond donors (Lipinski definition) is 4. The van der Waals surface area contributed by atoms with Gasteiger partial charge in [0.1, 0.15) is 11.5 Å². The third kappa shape index (κ3) is 24.6. The van der Waals surface area contributed by atoms with Crippen molar-refractivity contribution in [2.75, 3.05) is 31.1 Å². The third-order valence-corrected chi connectivity index (χ3v) is 10.4. The van der Waals surface area contributed by atoms with E-state index < -0.39 is 41.5 Å². The predicted molar refractivity (Wildman–Crippen MR) is 235 cm³/mol. The van der Waals surface area contributed by atoms with Gasteiger partial charge in [-0.25, -0.2) is 25.3 Å². The number of hydrogen-bond acceptors (Lipinski definition) is 13. The molecule has 0 amide bonds. The van der Waals surface area contributed by atoms with Gasteiger partial charge in [-0.15, -0.1) is 12.4 Å². The van der Waals surface area contributed by atoms with Crippen LogP contribution in [-0.2, 0) is 43.9 Å². The first-order chi connectivity index (χ1) is 27.7. The molecule has 0 fully saturated rings. The SMILES string of the molecule is CC(=O)CS(C)(=O)=O.CC(=O)O.CC(=O)[O-].Cc1[nH]c(C=O)c(-c2ccccc2)c1S(C)(=O)=O.Cc1[nH]cc(-c2ccccc2)c1S(C)(=O)=O.Cl.NCC(=O)c1ccccc1.[Na+]. The molecule has 3 aromatic carbocycles. The fraction of sp³-hybridized carbons (Fsp3) is 0.244. The van der Waals surface area contributed by atoms with Crippen molar-refractivity contribution in [2.24, 2.45) is 5.73 Å². The zero-order chi connectivity index (χ0) is 46.4. The number of carboxylic acid groups (broad SMARTS) is 2. The Hall–Kier alpha value is -4.73. The molecule has 0 saturated carbocycles. The molecule has 0 unspecified atom stereocenters. The minimum Gasteiger partial charge on any atom is -0.550 e. The van der Waals surface area contributed by atoms with Crippen molar-refractivity contribution in [3.63, 3.8) is 0 Å². The molecule has 21 heteroatoms. The molecule has 5 aromatic rings. The molecule has 0 atom stereocenters. The van der Waals surface area contributed by atoms with Gasteiger partial charge < -0.3 is 30.7 Å². The Morgan fingerprint density at radius 3 is 1.42 bits per heavy atom. The Morgan fingerprint density at radius 2 is 1.10 bits per heavy atom.